The van der Waals surface area contributed by atoms with Gasteiger partial charge in [0.2, 0.25) is 11.8 Å². The molecule has 2 atom stereocenters. The van der Waals surface area contributed by atoms with E-state index in [-0.39, 0.29) is 11.3 Å². The first-order chi connectivity index (χ1) is 11.8. The molecule has 0 N–H and O–H groups in total. The molecule has 0 aliphatic carbocycles. The summed E-state index contributed by atoms with van der Waals surface area (Å²) >= 11 is 0. The summed E-state index contributed by atoms with van der Waals surface area (Å²) in [5, 5.41) is 0. The maximum Gasteiger partial charge on any atom is 0.232 e. The molecule has 0 saturated carbocycles. The van der Waals surface area contributed by atoms with E-state index in [2.05, 4.69) is 37.5 Å². The molecular formula is C20H35N3O2. The van der Waals surface area contributed by atoms with Crippen molar-refractivity contribution in [2.45, 2.75) is 59.4 Å². The average Bonchev–Trinajstić information content (AvgIpc) is 3.25. The second-order valence-electron chi connectivity index (χ2n) is 9.08. The van der Waals surface area contributed by atoms with Crippen LogP contribution in [0.5, 0.6) is 0 Å². The van der Waals surface area contributed by atoms with Gasteiger partial charge in [-0.1, -0.05) is 13.8 Å². The Morgan fingerprint density at radius 2 is 1.68 bits per heavy atom. The van der Waals surface area contributed by atoms with Crippen molar-refractivity contribution in [1.29, 1.82) is 0 Å². The molecule has 5 nitrogen and oxygen atoms in total. The number of hydrogen-bond donors (Lipinski definition) is 0. The number of nitrogens with zero attached hydrogens (tertiary/aromatic N) is 3. The summed E-state index contributed by atoms with van der Waals surface area (Å²) < 4.78 is 0. The molecular weight excluding hydrogens is 314 g/mol. The number of carbonyl (C=O) groups excluding carboxylic acids is 2. The van der Waals surface area contributed by atoms with Gasteiger partial charge < -0.3 is 9.80 Å². The van der Waals surface area contributed by atoms with Crippen molar-refractivity contribution in [2.75, 3.05) is 39.3 Å². The summed E-state index contributed by atoms with van der Waals surface area (Å²) in [5.41, 5.74) is -0.359. The Balaban J connectivity index is 1.75. The Bertz CT molecular complexity index is 513. The quantitative estimate of drug-likeness (QED) is 0.764. The number of hydrogen-bond acceptors (Lipinski definition) is 3. The van der Waals surface area contributed by atoms with E-state index < -0.39 is 0 Å². The maximum absolute atomic E-state index is 13.4. The lowest BCUT2D eigenvalue weighted by molar-refractivity contribution is -0.141. The number of likely N-dealkylation sites (tertiary alicyclic amines) is 3. The van der Waals surface area contributed by atoms with Gasteiger partial charge in [0.25, 0.3) is 0 Å². The van der Waals surface area contributed by atoms with Gasteiger partial charge in [0.1, 0.15) is 0 Å². The van der Waals surface area contributed by atoms with Crippen molar-refractivity contribution in [3.05, 3.63) is 0 Å². The van der Waals surface area contributed by atoms with Crippen molar-refractivity contribution in [2.24, 2.45) is 17.3 Å². The molecule has 0 aromatic carbocycles. The number of amides is 2. The van der Waals surface area contributed by atoms with Gasteiger partial charge >= 0.3 is 0 Å². The fraction of sp³-hybridized carbons (Fsp3) is 0.900. The van der Waals surface area contributed by atoms with E-state index in [1.54, 1.807) is 0 Å². The largest absolute Gasteiger partial charge is 0.342 e. The third kappa shape index (κ3) is 3.57. The van der Waals surface area contributed by atoms with Crippen LogP contribution in [0.2, 0.25) is 0 Å². The molecule has 0 radical (unpaired) electrons. The lowest BCUT2D eigenvalue weighted by Gasteiger charge is -2.33. The van der Waals surface area contributed by atoms with Crippen molar-refractivity contribution in [1.82, 2.24) is 14.7 Å². The fourth-order valence-electron chi connectivity index (χ4n) is 4.80. The van der Waals surface area contributed by atoms with Crippen LogP contribution < -0.4 is 0 Å². The van der Waals surface area contributed by atoms with Crippen molar-refractivity contribution < 1.29 is 9.59 Å². The van der Waals surface area contributed by atoms with Crippen LogP contribution >= 0.6 is 0 Å². The van der Waals surface area contributed by atoms with E-state index in [4.69, 9.17) is 0 Å². The molecule has 3 aliphatic rings. The molecule has 5 heteroatoms. The molecule has 2 amide bonds. The lowest BCUT2D eigenvalue weighted by atomic mass is 9.79. The first-order valence-corrected chi connectivity index (χ1v) is 10.1. The third-order valence-corrected chi connectivity index (χ3v) is 6.47. The predicted octanol–water partition coefficient (Wildman–Crippen LogP) is 2.21. The van der Waals surface area contributed by atoms with Crippen LogP contribution in [0.15, 0.2) is 0 Å². The first kappa shape index (κ1) is 18.7. The zero-order valence-electron chi connectivity index (χ0n) is 16.5. The highest BCUT2D eigenvalue weighted by molar-refractivity contribution is 5.87. The standard InChI is InChI=1S/C20H35N3O2/c1-15(2)7-8-18(24)23-12-17-11-22(16(3)4)13-20(17,14-23)19(25)21-9-5-6-10-21/h15-17H,5-14H2,1-4H3/t17-,20-/m0/s1. The SMILES string of the molecule is CC(C)CCC(=O)N1C[C@@H]2CN(C(C)C)C[C@]2(C(=O)N2CCCC2)C1. The minimum atomic E-state index is -0.359. The molecule has 3 heterocycles. The molecule has 3 fully saturated rings. The summed E-state index contributed by atoms with van der Waals surface area (Å²) in [5.74, 6) is 1.40. The maximum atomic E-state index is 13.4. The van der Waals surface area contributed by atoms with Crippen LogP contribution in [-0.2, 0) is 9.59 Å². The number of fused-ring (bicyclic) bond motifs is 1. The Hall–Kier alpha value is -1.10. The molecule has 142 valence electrons. The van der Waals surface area contributed by atoms with E-state index in [0.717, 1.165) is 52.0 Å². The Kier molecular flexibility index (Phi) is 5.42. The molecule has 25 heavy (non-hydrogen) atoms. The normalized spacial score (nSPS) is 29.9. The van der Waals surface area contributed by atoms with Gasteiger partial charge in [-0.25, -0.2) is 0 Å². The second kappa shape index (κ2) is 7.26. The van der Waals surface area contributed by atoms with Gasteiger partial charge in [-0.05, 0) is 39.0 Å². The van der Waals surface area contributed by atoms with Gasteiger partial charge in [0.15, 0.2) is 0 Å². The Labute approximate surface area is 152 Å². The van der Waals surface area contributed by atoms with Crippen molar-refractivity contribution in [3.63, 3.8) is 0 Å². The van der Waals surface area contributed by atoms with Crippen LogP contribution in [-0.4, -0.2) is 71.8 Å². The molecule has 0 unspecified atom stereocenters. The minimum Gasteiger partial charge on any atom is -0.342 e. The molecule has 0 bridgehead atoms. The monoisotopic (exact) mass is 349 g/mol. The van der Waals surface area contributed by atoms with Gasteiger partial charge in [0, 0.05) is 57.6 Å². The van der Waals surface area contributed by atoms with Crippen LogP contribution in [0.1, 0.15) is 53.4 Å². The second-order valence-corrected chi connectivity index (χ2v) is 9.08. The third-order valence-electron chi connectivity index (χ3n) is 6.47. The minimum absolute atomic E-state index is 0.243. The van der Waals surface area contributed by atoms with Crippen molar-refractivity contribution in [3.8, 4) is 0 Å². The van der Waals surface area contributed by atoms with Gasteiger partial charge in [0.05, 0.1) is 5.41 Å². The smallest absolute Gasteiger partial charge is 0.232 e. The zero-order valence-corrected chi connectivity index (χ0v) is 16.5. The van der Waals surface area contributed by atoms with Crippen molar-refractivity contribution >= 4 is 11.8 Å². The average molecular weight is 350 g/mol. The highest BCUT2D eigenvalue weighted by atomic mass is 16.2. The Morgan fingerprint density at radius 3 is 2.28 bits per heavy atom. The summed E-state index contributed by atoms with van der Waals surface area (Å²) in [7, 11) is 0. The van der Waals surface area contributed by atoms with E-state index >= 15 is 0 Å². The first-order valence-electron chi connectivity index (χ1n) is 10.1. The molecule has 0 aromatic heterocycles. The molecule has 3 rings (SSSR count). The number of rotatable bonds is 5. The summed E-state index contributed by atoms with van der Waals surface area (Å²) in [6.45, 7) is 13.7. The highest BCUT2D eigenvalue weighted by Crippen LogP contribution is 2.45. The molecule has 0 aromatic rings. The topological polar surface area (TPSA) is 43.9 Å². The van der Waals surface area contributed by atoms with Crippen LogP contribution in [0.25, 0.3) is 0 Å². The fourth-order valence-corrected chi connectivity index (χ4v) is 4.80. The van der Waals surface area contributed by atoms with Crippen LogP contribution in [0.4, 0.5) is 0 Å². The van der Waals surface area contributed by atoms with E-state index in [1.165, 1.54) is 0 Å². The van der Waals surface area contributed by atoms with Crippen LogP contribution in [0.3, 0.4) is 0 Å². The van der Waals surface area contributed by atoms with Gasteiger partial charge in [-0.3, -0.25) is 14.5 Å². The molecule has 3 aliphatic heterocycles. The van der Waals surface area contributed by atoms with E-state index in [0.29, 0.717) is 36.8 Å². The van der Waals surface area contributed by atoms with Gasteiger partial charge in [-0.2, -0.15) is 0 Å². The zero-order chi connectivity index (χ0) is 18.2. The molecule has 3 saturated heterocycles. The summed E-state index contributed by atoms with van der Waals surface area (Å²) in [6.07, 6.45) is 3.80. The van der Waals surface area contributed by atoms with Gasteiger partial charge in [-0.15, -0.1) is 0 Å². The van der Waals surface area contributed by atoms with E-state index in [1.807, 2.05) is 4.90 Å². The summed E-state index contributed by atoms with van der Waals surface area (Å²) in [4.78, 5) is 32.6. The lowest BCUT2D eigenvalue weighted by Crippen LogP contribution is -2.49. The van der Waals surface area contributed by atoms with E-state index in [9.17, 15) is 9.59 Å². The molecule has 0 spiro atoms. The number of carbonyl (C=O) groups is 2. The summed E-state index contributed by atoms with van der Waals surface area (Å²) in [6, 6.07) is 0.457. The van der Waals surface area contributed by atoms with Crippen LogP contribution in [0, 0.1) is 17.3 Å². The highest BCUT2D eigenvalue weighted by Gasteiger charge is 2.59. The predicted molar refractivity (Wildman–Crippen MR) is 99.1 cm³/mol. The Morgan fingerprint density at radius 1 is 1.00 bits per heavy atom.